The Hall–Kier alpha value is -1.91. The van der Waals surface area contributed by atoms with Crippen LogP contribution in [0.1, 0.15) is 44.4 Å². The molecule has 1 heterocycles. The van der Waals surface area contributed by atoms with Crippen molar-refractivity contribution >= 4 is 17.0 Å². The van der Waals surface area contributed by atoms with Crippen molar-refractivity contribution in [1.29, 1.82) is 0 Å². The number of aromatic nitrogens is 3. The molecule has 1 aromatic carbocycles. The van der Waals surface area contributed by atoms with Crippen LogP contribution in [0.4, 0.5) is 0 Å². The molecular formula is C15H21N3O2. The molecule has 2 unspecified atom stereocenters. The van der Waals surface area contributed by atoms with Gasteiger partial charge in [0.25, 0.3) is 0 Å². The van der Waals surface area contributed by atoms with Crippen molar-refractivity contribution in [3.63, 3.8) is 0 Å². The van der Waals surface area contributed by atoms with Crippen molar-refractivity contribution in [3.05, 3.63) is 23.3 Å². The van der Waals surface area contributed by atoms with Crippen LogP contribution < -0.4 is 0 Å². The molecule has 5 nitrogen and oxygen atoms in total. The van der Waals surface area contributed by atoms with Gasteiger partial charge in [-0.1, -0.05) is 12.1 Å². The summed E-state index contributed by atoms with van der Waals surface area (Å²) in [6.45, 7) is 9.73. The van der Waals surface area contributed by atoms with Gasteiger partial charge in [-0.3, -0.25) is 0 Å². The fourth-order valence-corrected chi connectivity index (χ4v) is 1.96. The lowest BCUT2D eigenvalue weighted by atomic mass is 10.1. The number of fused-ring (bicyclic) bond motifs is 1. The third-order valence-electron chi connectivity index (χ3n) is 3.69. The summed E-state index contributed by atoms with van der Waals surface area (Å²) < 4.78 is 6.99. The van der Waals surface area contributed by atoms with Gasteiger partial charge in [-0.2, -0.15) is 0 Å². The summed E-state index contributed by atoms with van der Waals surface area (Å²) in [6.07, 6.45) is 0.721. The summed E-state index contributed by atoms with van der Waals surface area (Å²) in [6, 6.07) is 3.52. The van der Waals surface area contributed by atoms with E-state index >= 15 is 0 Å². The van der Waals surface area contributed by atoms with E-state index in [1.165, 1.54) is 5.56 Å². The van der Waals surface area contributed by atoms with Gasteiger partial charge in [0.1, 0.15) is 11.6 Å². The van der Waals surface area contributed by atoms with E-state index in [0.717, 1.165) is 23.0 Å². The van der Waals surface area contributed by atoms with Crippen LogP contribution in [-0.4, -0.2) is 27.1 Å². The minimum Gasteiger partial charge on any atom is -0.461 e. The van der Waals surface area contributed by atoms with Crippen LogP contribution in [0.15, 0.2) is 12.1 Å². The maximum Gasteiger partial charge on any atom is 0.330 e. The first-order valence-electron chi connectivity index (χ1n) is 6.96. The molecule has 2 aromatic rings. The van der Waals surface area contributed by atoms with E-state index in [1.807, 2.05) is 39.8 Å². The number of ether oxygens (including phenoxy) is 1. The molecule has 1 aromatic heterocycles. The van der Waals surface area contributed by atoms with Gasteiger partial charge in [0.15, 0.2) is 0 Å². The summed E-state index contributed by atoms with van der Waals surface area (Å²) in [5, 5.41) is 8.23. The molecule has 0 saturated carbocycles. The quantitative estimate of drug-likeness (QED) is 0.805. The second-order valence-electron chi connectivity index (χ2n) is 5.29. The van der Waals surface area contributed by atoms with Crippen LogP contribution in [0.3, 0.4) is 0 Å². The number of hydrogen-bond acceptors (Lipinski definition) is 4. The maximum absolute atomic E-state index is 12.1. The van der Waals surface area contributed by atoms with E-state index in [0.29, 0.717) is 0 Å². The number of hydrogen-bond donors (Lipinski definition) is 0. The Morgan fingerprint density at radius 3 is 2.60 bits per heavy atom. The van der Waals surface area contributed by atoms with Gasteiger partial charge in [-0.15, -0.1) is 5.10 Å². The minimum atomic E-state index is -0.476. The average Bonchev–Trinajstić information content (AvgIpc) is 2.81. The van der Waals surface area contributed by atoms with Crippen molar-refractivity contribution in [3.8, 4) is 0 Å². The fraction of sp³-hybridized carbons (Fsp3) is 0.533. The highest BCUT2D eigenvalue weighted by molar-refractivity contribution is 5.80. The number of nitrogens with zero attached hydrogens (tertiary/aromatic N) is 3. The van der Waals surface area contributed by atoms with Gasteiger partial charge in [0.2, 0.25) is 0 Å². The zero-order chi connectivity index (χ0) is 14.9. The normalized spacial score (nSPS) is 14.2. The van der Waals surface area contributed by atoms with Crippen LogP contribution in [0.2, 0.25) is 0 Å². The average molecular weight is 275 g/mol. The second kappa shape index (κ2) is 5.61. The Morgan fingerprint density at radius 1 is 1.30 bits per heavy atom. The van der Waals surface area contributed by atoms with Crippen molar-refractivity contribution in [2.45, 2.75) is 53.2 Å². The lowest BCUT2D eigenvalue weighted by Gasteiger charge is -2.16. The zero-order valence-corrected chi connectivity index (χ0v) is 12.7. The predicted octanol–water partition coefficient (Wildman–Crippen LogP) is 2.95. The number of esters is 1. The Labute approximate surface area is 118 Å². The minimum absolute atomic E-state index is 0.0799. The Bertz CT molecular complexity index is 633. The third kappa shape index (κ3) is 2.66. The molecule has 0 amide bonds. The van der Waals surface area contributed by atoms with Crippen molar-refractivity contribution in [1.82, 2.24) is 15.0 Å². The molecule has 0 spiro atoms. The molecule has 0 bridgehead atoms. The molecule has 2 atom stereocenters. The highest BCUT2D eigenvalue weighted by Crippen LogP contribution is 2.21. The van der Waals surface area contributed by atoms with E-state index in [9.17, 15) is 4.79 Å². The number of benzene rings is 1. The molecule has 2 rings (SSSR count). The molecule has 0 aliphatic carbocycles. The molecule has 108 valence electrons. The number of carbonyl (C=O) groups excluding carboxylic acids is 1. The summed E-state index contributed by atoms with van der Waals surface area (Å²) in [4.78, 5) is 12.1. The predicted molar refractivity (Wildman–Crippen MR) is 77.6 cm³/mol. The molecule has 0 fully saturated rings. The molecule has 0 aliphatic heterocycles. The fourth-order valence-electron chi connectivity index (χ4n) is 1.96. The largest absolute Gasteiger partial charge is 0.461 e. The van der Waals surface area contributed by atoms with Crippen LogP contribution in [0.25, 0.3) is 11.0 Å². The van der Waals surface area contributed by atoms with Crippen LogP contribution in [-0.2, 0) is 9.53 Å². The lowest BCUT2D eigenvalue weighted by molar-refractivity contribution is -0.152. The van der Waals surface area contributed by atoms with Gasteiger partial charge < -0.3 is 4.74 Å². The number of rotatable bonds is 4. The van der Waals surface area contributed by atoms with E-state index in [-0.39, 0.29) is 12.1 Å². The molecular weight excluding hydrogens is 254 g/mol. The standard InChI is InChI=1S/C15H21N3O2/c1-6-11(4)20-15(19)12(5)18-14-8-10(3)9(2)7-13(14)16-17-18/h7-8,11-12H,6H2,1-5H3. The molecule has 0 aliphatic rings. The van der Waals surface area contributed by atoms with Crippen molar-refractivity contribution < 1.29 is 9.53 Å². The van der Waals surface area contributed by atoms with E-state index in [2.05, 4.69) is 10.3 Å². The Balaban J connectivity index is 2.33. The smallest absolute Gasteiger partial charge is 0.330 e. The first-order valence-corrected chi connectivity index (χ1v) is 6.96. The van der Waals surface area contributed by atoms with E-state index in [1.54, 1.807) is 11.6 Å². The topological polar surface area (TPSA) is 57.0 Å². The lowest BCUT2D eigenvalue weighted by Crippen LogP contribution is -2.24. The second-order valence-corrected chi connectivity index (χ2v) is 5.29. The highest BCUT2D eigenvalue weighted by Gasteiger charge is 2.22. The monoisotopic (exact) mass is 275 g/mol. The van der Waals surface area contributed by atoms with E-state index < -0.39 is 6.04 Å². The summed E-state index contributed by atoms with van der Waals surface area (Å²) in [7, 11) is 0. The molecule has 20 heavy (non-hydrogen) atoms. The zero-order valence-electron chi connectivity index (χ0n) is 12.7. The van der Waals surface area contributed by atoms with Gasteiger partial charge >= 0.3 is 5.97 Å². The van der Waals surface area contributed by atoms with Gasteiger partial charge in [-0.25, -0.2) is 9.48 Å². The van der Waals surface area contributed by atoms with Crippen molar-refractivity contribution in [2.75, 3.05) is 0 Å². The van der Waals surface area contributed by atoms with Crippen molar-refractivity contribution in [2.24, 2.45) is 0 Å². The van der Waals surface area contributed by atoms with Crippen LogP contribution in [0, 0.1) is 13.8 Å². The molecule has 0 saturated heterocycles. The highest BCUT2D eigenvalue weighted by atomic mass is 16.5. The van der Waals surface area contributed by atoms with Crippen LogP contribution >= 0.6 is 0 Å². The maximum atomic E-state index is 12.1. The Kier molecular flexibility index (Phi) is 4.06. The van der Waals surface area contributed by atoms with E-state index in [4.69, 9.17) is 4.74 Å². The van der Waals surface area contributed by atoms with Gasteiger partial charge in [0, 0.05) is 0 Å². The molecule has 0 N–H and O–H groups in total. The number of aryl methyl sites for hydroxylation is 2. The summed E-state index contributed by atoms with van der Waals surface area (Å²) >= 11 is 0. The van der Waals surface area contributed by atoms with Gasteiger partial charge in [0.05, 0.1) is 11.6 Å². The first kappa shape index (κ1) is 14.5. The van der Waals surface area contributed by atoms with Crippen LogP contribution in [0.5, 0.6) is 0 Å². The van der Waals surface area contributed by atoms with Gasteiger partial charge in [-0.05, 0) is 57.4 Å². The SMILES string of the molecule is CCC(C)OC(=O)C(C)n1nnc2cc(C)c(C)cc21. The third-order valence-corrected chi connectivity index (χ3v) is 3.69. The Morgan fingerprint density at radius 2 is 1.95 bits per heavy atom. The molecule has 0 radical (unpaired) electrons. The molecule has 5 heteroatoms. The summed E-state index contributed by atoms with van der Waals surface area (Å²) in [5.74, 6) is -0.274. The first-order chi connectivity index (χ1) is 9.43. The number of carbonyl (C=O) groups is 1. The summed E-state index contributed by atoms with van der Waals surface area (Å²) in [5.41, 5.74) is 3.99.